The summed E-state index contributed by atoms with van der Waals surface area (Å²) >= 11 is 0. The molecule has 0 aliphatic carbocycles. The van der Waals surface area contributed by atoms with Gasteiger partial charge in [-0.2, -0.15) is 0 Å². The van der Waals surface area contributed by atoms with E-state index in [2.05, 4.69) is 15.3 Å². The molecule has 1 amide bonds. The number of halogens is 1. The number of hydrogen-bond donors (Lipinski definition) is 1. The van der Waals surface area contributed by atoms with E-state index in [0.717, 1.165) is 54.1 Å². The minimum atomic E-state index is 0. The van der Waals surface area contributed by atoms with Crippen molar-refractivity contribution < 1.29 is 14.3 Å². The van der Waals surface area contributed by atoms with Crippen LogP contribution in [0.1, 0.15) is 41.7 Å². The quantitative estimate of drug-likeness (QED) is 0.607. The van der Waals surface area contributed by atoms with E-state index in [1.807, 2.05) is 42.2 Å². The number of pyridine rings is 2. The first-order chi connectivity index (χ1) is 15.2. The molecule has 4 heterocycles. The molecule has 1 saturated heterocycles. The van der Waals surface area contributed by atoms with Gasteiger partial charge in [0.1, 0.15) is 13.2 Å². The van der Waals surface area contributed by atoms with Gasteiger partial charge >= 0.3 is 0 Å². The van der Waals surface area contributed by atoms with Gasteiger partial charge in [0, 0.05) is 42.1 Å². The van der Waals surface area contributed by atoms with Crippen LogP contribution in [0, 0.1) is 6.92 Å². The minimum absolute atomic E-state index is 0. The zero-order chi connectivity index (χ0) is 21.2. The molecule has 2 aliphatic heterocycles. The van der Waals surface area contributed by atoms with Crippen molar-refractivity contribution in [2.75, 3.05) is 31.6 Å². The summed E-state index contributed by atoms with van der Waals surface area (Å²) in [4.78, 5) is 24.5. The molecule has 0 atom stereocenters. The van der Waals surface area contributed by atoms with E-state index in [4.69, 9.17) is 9.47 Å². The second kappa shape index (κ2) is 9.61. The van der Waals surface area contributed by atoms with E-state index in [1.165, 1.54) is 12.8 Å². The maximum absolute atomic E-state index is 13.5. The van der Waals surface area contributed by atoms with Crippen LogP contribution in [0.4, 0.5) is 11.4 Å². The fraction of sp³-hybridized carbons (Fsp3) is 0.375. The fourth-order valence-electron chi connectivity index (χ4n) is 4.18. The van der Waals surface area contributed by atoms with Crippen LogP contribution >= 0.6 is 12.4 Å². The molecule has 2 aliphatic rings. The van der Waals surface area contributed by atoms with Crippen LogP contribution in [0.15, 0.2) is 36.5 Å². The SMILES string of the molecule is Cc1ccc2c(Nc3ccc4c(c3)OCCO4)c(C(=O)N3CCCCCC3)cnc2n1.Cl. The molecule has 1 fully saturated rings. The van der Waals surface area contributed by atoms with E-state index in [0.29, 0.717) is 30.2 Å². The topological polar surface area (TPSA) is 76.6 Å². The Kier molecular flexibility index (Phi) is 6.65. The van der Waals surface area contributed by atoms with Gasteiger partial charge in [-0.15, -0.1) is 12.4 Å². The summed E-state index contributed by atoms with van der Waals surface area (Å²) in [6.07, 6.45) is 6.08. The first-order valence-corrected chi connectivity index (χ1v) is 10.9. The molecule has 1 aromatic carbocycles. The Hall–Kier alpha value is -3.06. The standard InChI is InChI=1S/C24H26N4O3.ClH/c1-16-6-8-18-22(27-17-7-9-20-21(14-17)31-13-12-30-20)19(15-25-23(18)26-16)24(29)28-10-4-2-3-5-11-28;/h6-9,14-15H,2-5,10-13H2,1H3,(H,25,26,27);1H. The number of rotatable bonds is 3. The molecule has 0 radical (unpaired) electrons. The molecule has 1 N–H and O–H groups in total. The zero-order valence-corrected chi connectivity index (χ0v) is 18.9. The highest BCUT2D eigenvalue weighted by Gasteiger charge is 2.23. The fourth-order valence-corrected chi connectivity index (χ4v) is 4.18. The van der Waals surface area contributed by atoms with Gasteiger partial charge in [0.2, 0.25) is 0 Å². The normalized spacial score (nSPS) is 15.6. The summed E-state index contributed by atoms with van der Waals surface area (Å²) in [6.45, 7) is 4.58. The molecule has 0 unspecified atom stereocenters. The van der Waals surface area contributed by atoms with E-state index in [9.17, 15) is 4.79 Å². The van der Waals surface area contributed by atoms with Crippen LogP contribution in [0.2, 0.25) is 0 Å². The summed E-state index contributed by atoms with van der Waals surface area (Å²) < 4.78 is 11.4. The molecular formula is C24H27ClN4O3. The third-order valence-electron chi connectivity index (χ3n) is 5.80. The molecule has 168 valence electrons. The van der Waals surface area contributed by atoms with Crippen LogP contribution in [0.5, 0.6) is 11.5 Å². The number of hydrogen-bond acceptors (Lipinski definition) is 6. The molecule has 7 nitrogen and oxygen atoms in total. The molecule has 2 aromatic heterocycles. The molecule has 0 saturated carbocycles. The van der Waals surface area contributed by atoms with Crippen molar-refractivity contribution in [3.8, 4) is 11.5 Å². The highest BCUT2D eigenvalue weighted by Crippen LogP contribution is 2.36. The smallest absolute Gasteiger partial charge is 0.257 e. The first kappa shape index (κ1) is 22.1. The minimum Gasteiger partial charge on any atom is -0.486 e. The second-order valence-electron chi connectivity index (χ2n) is 8.06. The van der Waals surface area contributed by atoms with Crippen molar-refractivity contribution in [3.05, 3.63) is 47.8 Å². The number of anilines is 2. The van der Waals surface area contributed by atoms with E-state index in [-0.39, 0.29) is 18.3 Å². The number of carbonyl (C=O) groups is 1. The van der Waals surface area contributed by atoms with Crippen molar-refractivity contribution in [3.63, 3.8) is 0 Å². The number of nitrogens with one attached hydrogen (secondary N) is 1. The largest absolute Gasteiger partial charge is 0.486 e. The first-order valence-electron chi connectivity index (χ1n) is 10.9. The summed E-state index contributed by atoms with van der Waals surface area (Å²) in [7, 11) is 0. The maximum atomic E-state index is 13.5. The Labute approximate surface area is 193 Å². The number of likely N-dealkylation sites (tertiary alicyclic amines) is 1. The van der Waals surface area contributed by atoms with E-state index >= 15 is 0 Å². The number of aromatic nitrogens is 2. The third kappa shape index (κ3) is 4.43. The molecular weight excluding hydrogens is 428 g/mol. The average molecular weight is 455 g/mol. The summed E-state index contributed by atoms with van der Waals surface area (Å²) in [6, 6.07) is 9.65. The lowest BCUT2D eigenvalue weighted by atomic mass is 10.1. The lowest BCUT2D eigenvalue weighted by Crippen LogP contribution is -2.32. The average Bonchev–Trinajstić information content (AvgIpc) is 3.08. The van der Waals surface area contributed by atoms with Crippen LogP contribution in [-0.2, 0) is 0 Å². The predicted molar refractivity (Wildman–Crippen MR) is 127 cm³/mol. The Morgan fingerprint density at radius 3 is 2.53 bits per heavy atom. The molecule has 32 heavy (non-hydrogen) atoms. The Bertz CT molecular complexity index is 1130. The Balaban J connectivity index is 0.00000245. The molecule has 3 aromatic rings. The Morgan fingerprint density at radius 2 is 1.75 bits per heavy atom. The molecule has 0 bridgehead atoms. The highest BCUT2D eigenvalue weighted by atomic mass is 35.5. The van der Waals surface area contributed by atoms with Gasteiger partial charge in [-0.1, -0.05) is 12.8 Å². The zero-order valence-electron chi connectivity index (χ0n) is 18.1. The lowest BCUT2D eigenvalue weighted by Gasteiger charge is -2.23. The van der Waals surface area contributed by atoms with Gasteiger partial charge in [-0.25, -0.2) is 9.97 Å². The summed E-state index contributed by atoms with van der Waals surface area (Å²) in [5.41, 5.74) is 3.62. The number of aryl methyl sites for hydroxylation is 1. The van der Waals surface area contributed by atoms with Crippen LogP contribution < -0.4 is 14.8 Å². The van der Waals surface area contributed by atoms with Crippen molar-refractivity contribution in [2.24, 2.45) is 0 Å². The molecule has 5 rings (SSSR count). The number of benzene rings is 1. The maximum Gasteiger partial charge on any atom is 0.257 e. The third-order valence-corrected chi connectivity index (χ3v) is 5.80. The van der Waals surface area contributed by atoms with Gasteiger partial charge in [-0.3, -0.25) is 4.79 Å². The summed E-state index contributed by atoms with van der Waals surface area (Å²) in [5.74, 6) is 1.44. The number of amides is 1. The summed E-state index contributed by atoms with van der Waals surface area (Å²) in [5, 5.41) is 4.28. The van der Waals surface area contributed by atoms with Crippen molar-refractivity contribution in [1.82, 2.24) is 14.9 Å². The number of ether oxygens (including phenoxy) is 2. The van der Waals surface area contributed by atoms with Gasteiger partial charge < -0.3 is 19.7 Å². The number of fused-ring (bicyclic) bond motifs is 2. The van der Waals surface area contributed by atoms with Gasteiger partial charge in [0.05, 0.1) is 11.3 Å². The van der Waals surface area contributed by atoms with Crippen molar-refractivity contribution in [2.45, 2.75) is 32.6 Å². The van der Waals surface area contributed by atoms with Crippen LogP contribution in [-0.4, -0.2) is 47.1 Å². The number of carbonyl (C=O) groups excluding carboxylic acids is 1. The molecule has 8 heteroatoms. The molecule has 0 spiro atoms. The predicted octanol–water partition coefficient (Wildman–Crippen LogP) is 4.89. The van der Waals surface area contributed by atoms with Gasteiger partial charge in [0.15, 0.2) is 17.1 Å². The lowest BCUT2D eigenvalue weighted by molar-refractivity contribution is 0.0762. The van der Waals surface area contributed by atoms with Crippen molar-refractivity contribution >= 4 is 40.7 Å². The van der Waals surface area contributed by atoms with Gasteiger partial charge in [-0.05, 0) is 44.0 Å². The van der Waals surface area contributed by atoms with Crippen molar-refractivity contribution in [1.29, 1.82) is 0 Å². The van der Waals surface area contributed by atoms with E-state index in [1.54, 1.807) is 6.20 Å². The van der Waals surface area contributed by atoms with Gasteiger partial charge in [0.25, 0.3) is 5.91 Å². The highest BCUT2D eigenvalue weighted by molar-refractivity contribution is 6.07. The second-order valence-corrected chi connectivity index (χ2v) is 8.06. The monoisotopic (exact) mass is 454 g/mol. The van der Waals surface area contributed by atoms with Crippen LogP contribution in [0.25, 0.3) is 11.0 Å². The number of nitrogens with zero attached hydrogens (tertiary/aromatic N) is 3. The van der Waals surface area contributed by atoms with Crippen LogP contribution in [0.3, 0.4) is 0 Å². The Morgan fingerprint density at radius 1 is 1.00 bits per heavy atom. The van der Waals surface area contributed by atoms with E-state index < -0.39 is 0 Å².